The van der Waals surface area contributed by atoms with E-state index < -0.39 is 18.2 Å². The summed E-state index contributed by atoms with van der Waals surface area (Å²) >= 11 is 4.63. The van der Waals surface area contributed by atoms with E-state index in [1.807, 2.05) is 39.2 Å². The summed E-state index contributed by atoms with van der Waals surface area (Å²) in [5.41, 5.74) is 4.44. The minimum atomic E-state index is -4.07. The minimum absolute atomic E-state index is 0.519. The molecular weight excluding hydrogens is 543 g/mol. The quantitative estimate of drug-likeness (QED) is 0.0606. The van der Waals surface area contributed by atoms with Crippen LogP contribution in [-0.2, 0) is 6.42 Å². The third-order valence-electron chi connectivity index (χ3n) is 6.06. The number of halogens is 3. The number of pyridine rings is 1. The number of thiol groups is 1. The van der Waals surface area contributed by atoms with Gasteiger partial charge in [0, 0.05) is 17.3 Å². The number of aliphatic hydroxyl groups is 1. The highest BCUT2D eigenvalue weighted by Crippen LogP contribution is 2.31. The van der Waals surface area contributed by atoms with Gasteiger partial charge in [0.1, 0.15) is 11.3 Å². The Kier molecular flexibility index (Phi) is 19.5. The number of aryl methyl sites for hydroxylation is 1. The zero-order valence-corrected chi connectivity index (χ0v) is 25.8. The van der Waals surface area contributed by atoms with Crippen molar-refractivity contribution in [2.75, 3.05) is 13.6 Å². The minimum Gasteiger partial charge on any atom is -0.378 e. The van der Waals surface area contributed by atoms with Gasteiger partial charge in [0.2, 0.25) is 0 Å². The molecule has 1 aliphatic rings. The SMILES string of the molecule is C=C/C=C(\C)CCCNC.C=CCC(F)(F)F.C=N/C(C#CC(O)(CC)CCC)=C(\S)C1=Cc2ccncc2CC1. The lowest BCUT2D eigenvalue weighted by Crippen LogP contribution is -2.24. The molecule has 0 radical (unpaired) electrons. The molecule has 0 aromatic carbocycles. The van der Waals surface area contributed by atoms with Gasteiger partial charge < -0.3 is 10.4 Å². The molecule has 0 saturated heterocycles. The fourth-order valence-electron chi connectivity index (χ4n) is 3.74. The number of rotatable bonds is 11. The van der Waals surface area contributed by atoms with Crippen LogP contribution < -0.4 is 5.32 Å². The molecule has 0 spiro atoms. The Morgan fingerprint density at radius 1 is 1.27 bits per heavy atom. The van der Waals surface area contributed by atoms with Crippen LogP contribution in [0.2, 0.25) is 0 Å². The molecule has 0 fully saturated rings. The summed E-state index contributed by atoms with van der Waals surface area (Å²) in [6.45, 7) is 17.4. The van der Waals surface area contributed by atoms with Crippen LogP contribution in [0.15, 0.2) is 76.6 Å². The van der Waals surface area contributed by atoms with Crippen LogP contribution in [-0.4, -0.2) is 42.2 Å². The molecule has 8 heteroatoms. The number of aliphatic imine (C=N–C) groups is 1. The third-order valence-corrected chi connectivity index (χ3v) is 6.56. The van der Waals surface area contributed by atoms with Crippen LogP contribution in [0, 0.1) is 11.8 Å². The Labute approximate surface area is 250 Å². The number of nitrogens with zero attached hydrogens (tertiary/aromatic N) is 2. The van der Waals surface area contributed by atoms with E-state index in [0.29, 0.717) is 18.5 Å². The number of nitrogens with one attached hydrogen (secondary N) is 1. The van der Waals surface area contributed by atoms with Crippen LogP contribution in [0.25, 0.3) is 6.08 Å². The van der Waals surface area contributed by atoms with Gasteiger partial charge in [-0.1, -0.05) is 62.6 Å². The summed E-state index contributed by atoms with van der Waals surface area (Å²) in [6, 6.07) is 2.00. The first-order valence-corrected chi connectivity index (χ1v) is 14.2. The van der Waals surface area contributed by atoms with Gasteiger partial charge in [-0.15, -0.1) is 19.2 Å². The monoisotopic (exact) mass is 589 g/mol. The van der Waals surface area contributed by atoms with Crippen molar-refractivity contribution in [2.24, 2.45) is 4.99 Å². The van der Waals surface area contributed by atoms with Gasteiger partial charge >= 0.3 is 6.18 Å². The molecule has 41 heavy (non-hydrogen) atoms. The van der Waals surface area contributed by atoms with Gasteiger partial charge in [-0.25, -0.2) is 0 Å². The summed E-state index contributed by atoms with van der Waals surface area (Å²) in [5, 5.41) is 13.6. The van der Waals surface area contributed by atoms with Gasteiger partial charge in [0.15, 0.2) is 0 Å². The number of hydrogen-bond acceptors (Lipinski definition) is 5. The van der Waals surface area contributed by atoms with Crippen molar-refractivity contribution >= 4 is 25.4 Å². The van der Waals surface area contributed by atoms with Gasteiger partial charge in [-0.05, 0) is 94.4 Å². The maximum Gasteiger partial charge on any atom is 0.392 e. The zero-order chi connectivity index (χ0) is 31.3. The summed E-state index contributed by atoms with van der Waals surface area (Å²) in [4.78, 5) is 8.93. The number of allylic oxidation sites excluding steroid dienone is 6. The lowest BCUT2D eigenvalue weighted by atomic mass is 9.92. The molecule has 0 aliphatic heterocycles. The van der Waals surface area contributed by atoms with Gasteiger partial charge in [-0.2, -0.15) is 13.2 Å². The summed E-state index contributed by atoms with van der Waals surface area (Å²) in [5.74, 6) is 5.95. The normalized spacial score (nSPS) is 14.6. The van der Waals surface area contributed by atoms with Crippen LogP contribution in [0.4, 0.5) is 13.2 Å². The van der Waals surface area contributed by atoms with Crippen molar-refractivity contribution < 1.29 is 18.3 Å². The number of hydrogen-bond donors (Lipinski definition) is 3. The number of aromatic nitrogens is 1. The molecule has 2 N–H and O–H groups in total. The second kappa shape index (κ2) is 20.9. The van der Waals surface area contributed by atoms with Gasteiger partial charge in [-0.3, -0.25) is 9.98 Å². The molecule has 1 heterocycles. The lowest BCUT2D eigenvalue weighted by Gasteiger charge is -2.19. The van der Waals surface area contributed by atoms with Crippen molar-refractivity contribution in [1.29, 1.82) is 0 Å². The van der Waals surface area contributed by atoms with E-state index in [4.69, 9.17) is 0 Å². The first-order chi connectivity index (χ1) is 19.4. The third kappa shape index (κ3) is 16.9. The van der Waals surface area contributed by atoms with Gasteiger partial charge in [0.25, 0.3) is 0 Å². The molecule has 0 amide bonds. The molecule has 2 rings (SSSR count). The summed E-state index contributed by atoms with van der Waals surface area (Å²) in [6.07, 6.45) is 11.9. The Bertz CT molecular complexity index is 1130. The molecule has 1 atom stereocenters. The summed E-state index contributed by atoms with van der Waals surface area (Å²) in [7, 11) is 1.98. The number of fused-ring (bicyclic) bond motifs is 1. The van der Waals surface area contributed by atoms with E-state index in [0.717, 1.165) is 47.9 Å². The first-order valence-electron chi connectivity index (χ1n) is 13.8. The highest BCUT2D eigenvalue weighted by molar-refractivity contribution is 7.84. The fraction of sp³-hybridized carbons (Fsp3) is 0.455. The van der Waals surface area contributed by atoms with E-state index in [1.54, 1.807) is 6.20 Å². The molecule has 226 valence electrons. The molecule has 4 nitrogen and oxygen atoms in total. The van der Waals surface area contributed by atoms with Crippen LogP contribution in [0.5, 0.6) is 0 Å². The molecular formula is C33H46F3N3OS. The van der Waals surface area contributed by atoms with Crippen LogP contribution in [0.3, 0.4) is 0 Å². The average Bonchev–Trinajstić information content (AvgIpc) is 2.93. The maximum absolute atomic E-state index is 11.0. The van der Waals surface area contributed by atoms with Crippen molar-refractivity contribution in [3.63, 3.8) is 0 Å². The van der Waals surface area contributed by atoms with E-state index in [2.05, 4.69) is 78.7 Å². The molecule has 0 bridgehead atoms. The van der Waals surface area contributed by atoms with Gasteiger partial charge in [0.05, 0.1) is 6.42 Å². The van der Waals surface area contributed by atoms with E-state index >= 15 is 0 Å². The van der Waals surface area contributed by atoms with Crippen molar-refractivity contribution in [2.45, 2.75) is 83.9 Å². The molecule has 1 aromatic heterocycles. The Morgan fingerprint density at radius 3 is 2.49 bits per heavy atom. The highest BCUT2D eigenvalue weighted by Gasteiger charge is 2.24. The Hall–Kier alpha value is -2.86. The maximum atomic E-state index is 11.0. The number of alkyl halides is 3. The zero-order valence-electron chi connectivity index (χ0n) is 24.9. The van der Waals surface area contributed by atoms with E-state index in [1.165, 1.54) is 24.0 Å². The average molecular weight is 590 g/mol. The van der Waals surface area contributed by atoms with E-state index in [-0.39, 0.29) is 0 Å². The van der Waals surface area contributed by atoms with E-state index in [9.17, 15) is 18.3 Å². The smallest absolute Gasteiger partial charge is 0.378 e. The lowest BCUT2D eigenvalue weighted by molar-refractivity contribution is -0.124. The van der Waals surface area contributed by atoms with Crippen molar-refractivity contribution in [1.82, 2.24) is 10.3 Å². The summed E-state index contributed by atoms with van der Waals surface area (Å²) < 4.78 is 33.0. The van der Waals surface area contributed by atoms with Crippen LogP contribution in [0.1, 0.15) is 76.8 Å². The largest absolute Gasteiger partial charge is 0.392 e. The van der Waals surface area contributed by atoms with Crippen LogP contribution >= 0.6 is 12.6 Å². The Morgan fingerprint density at radius 2 is 1.98 bits per heavy atom. The second-order valence-electron chi connectivity index (χ2n) is 9.55. The molecule has 1 unspecified atom stereocenters. The second-order valence-corrected chi connectivity index (χ2v) is 10.00. The standard InChI is InChI=1S/C20H24N2OS.C9H17N.C4H5F3/c1-4-10-20(23,5-2)11-8-18(21-3)19(24)16-6-7-17-14-22-12-9-15(17)13-16;1-4-6-9(2)7-5-8-10-3;1-2-3-4(5,6)7/h9,12-14,23-24H,3-7,10H2,1-2H3;4,6,10H,1,5,7-8H2,2-3H3;2H,1,3H2/b19-18-;9-6+;. The van der Waals surface area contributed by atoms with Crippen molar-refractivity contribution in [3.8, 4) is 11.8 Å². The predicted molar refractivity (Wildman–Crippen MR) is 172 cm³/mol. The first kappa shape index (κ1) is 38.1. The molecule has 1 aliphatic carbocycles. The topological polar surface area (TPSA) is 57.5 Å². The Balaban J connectivity index is 0.000000775. The fourth-order valence-corrected chi connectivity index (χ4v) is 4.04. The predicted octanol–water partition coefficient (Wildman–Crippen LogP) is 8.44. The molecule has 0 saturated carbocycles. The molecule has 1 aromatic rings. The highest BCUT2D eigenvalue weighted by atomic mass is 32.1. The van der Waals surface area contributed by atoms with Crippen molar-refractivity contribution in [3.05, 3.63) is 82.7 Å².